The van der Waals surface area contributed by atoms with Crippen LogP contribution in [0.3, 0.4) is 0 Å². The SMILES string of the molecule is COc1cc(C2CC(=O)Nc3ccccc32)cc(OC)c1O. The molecule has 1 unspecified atom stereocenters. The number of aromatic hydroxyl groups is 1. The zero-order chi connectivity index (χ0) is 15.7. The maximum absolute atomic E-state index is 12.0. The lowest BCUT2D eigenvalue weighted by molar-refractivity contribution is -0.116. The Labute approximate surface area is 128 Å². The molecule has 0 spiro atoms. The highest BCUT2D eigenvalue weighted by molar-refractivity contribution is 5.95. The number of carbonyl (C=O) groups is 1. The Bertz CT molecular complexity index is 701. The fourth-order valence-electron chi connectivity index (χ4n) is 2.82. The number of ether oxygens (including phenoxy) is 2. The number of phenolic OH excluding ortho intramolecular Hbond substituents is 1. The molecule has 5 heteroatoms. The molecule has 114 valence electrons. The quantitative estimate of drug-likeness (QED) is 0.914. The molecule has 0 fully saturated rings. The van der Waals surface area contributed by atoms with E-state index in [0.29, 0.717) is 17.9 Å². The summed E-state index contributed by atoms with van der Waals surface area (Å²) < 4.78 is 10.4. The van der Waals surface area contributed by atoms with E-state index in [4.69, 9.17) is 9.47 Å². The van der Waals surface area contributed by atoms with Crippen LogP contribution in [0.25, 0.3) is 0 Å². The fraction of sp³-hybridized carbons (Fsp3) is 0.235. The number of hydrogen-bond donors (Lipinski definition) is 2. The second kappa shape index (κ2) is 5.60. The third-order valence-electron chi connectivity index (χ3n) is 3.90. The van der Waals surface area contributed by atoms with Crippen molar-refractivity contribution in [3.63, 3.8) is 0 Å². The number of phenols is 1. The first-order chi connectivity index (χ1) is 10.6. The second-order valence-electron chi connectivity index (χ2n) is 5.17. The van der Waals surface area contributed by atoms with Crippen LogP contribution in [0.2, 0.25) is 0 Å². The number of amides is 1. The molecule has 0 aromatic heterocycles. The van der Waals surface area contributed by atoms with Gasteiger partial charge in [0.1, 0.15) is 0 Å². The smallest absolute Gasteiger partial charge is 0.225 e. The third kappa shape index (κ3) is 2.35. The maximum Gasteiger partial charge on any atom is 0.225 e. The fourth-order valence-corrected chi connectivity index (χ4v) is 2.82. The zero-order valence-electron chi connectivity index (χ0n) is 12.4. The van der Waals surface area contributed by atoms with E-state index in [2.05, 4.69) is 5.32 Å². The molecule has 1 atom stereocenters. The van der Waals surface area contributed by atoms with Gasteiger partial charge in [0.25, 0.3) is 0 Å². The number of anilines is 1. The Morgan fingerprint density at radius 2 is 1.77 bits per heavy atom. The Hall–Kier alpha value is -2.69. The van der Waals surface area contributed by atoms with Gasteiger partial charge in [-0.25, -0.2) is 0 Å². The number of hydrogen-bond acceptors (Lipinski definition) is 4. The number of nitrogens with one attached hydrogen (secondary N) is 1. The number of methoxy groups -OCH3 is 2. The van der Waals surface area contributed by atoms with Gasteiger partial charge in [0.2, 0.25) is 11.7 Å². The van der Waals surface area contributed by atoms with Gasteiger partial charge in [-0.3, -0.25) is 4.79 Å². The van der Waals surface area contributed by atoms with E-state index in [0.717, 1.165) is 16.8 Å². The van der Waals surface area contributed by atoms with Crippen molar-refractivity contribution >= 4 is 11.6 Å². The van der Waals surface area contributed by atoms with Crippen molar-refractivity contribution in [1.29, 1.82) is 0 Å². The van der Waals surface area contributed by atoms with Gasteiger partial charge in [-0.1, -0.05) is 18.2 Å². The van der Waals surface area contributed by atoms with Crippen molar-refractivity contribution in [3.8, 4) is 17.2 Å². The van der Waals surface area contributed by atoms with Crippen molar-refractivity contribution in [2.24, 2.45) is 0 Å². The summed E-state index contributed by atoms with van der Waals surface area (Å²) in [4.78, 5) is 12.0. The van der Waals surface area contributed by atoms with E-state index in [9.17, 15) is 9.90 Å². The van der Waals surface area contributed by atoms with Gasteiger partial charge in [0, 0.05) is 18.0 Å². The zero-order valence-corrected chi connectivity index (χ0v) is 12.4. The van der Waals surface area contributed by atoms with E-state index in [1.165, 1.54) is 14.2 Å². The van der Waals surface area contributed by atoms with Crippen LogP contribution in [0.15, 0.2) is 36.4 Å². The number of rotatable bonds is 3. The Morgan fingerprint density at radius 1 is 1.14 bits per heavy atom. The summed E-state index contributed by atoms with van der Waals surface area (Å²) in [6.45, 7) is 0. The average molecular weight is 299 g/mol. The molecule has 1 aliphatic rings. The Kier molecular flexibility index (Phi) is 3.63. The first-order valence-electron chi connectivity index (χ1n) is 6.97. The highest BCUT2D eigenvalue weighted by Gasteiger charge is 2.27. The first kappa shape index (κ1) is 14.3. The van der Waals surface area contributed by atoms with Crippen molar-refractivity contribution in [1.82, 2.24) is 0 Å². The molecule has 1 heterocycles. The molecule has 3 rings (SSSR count). The molecule has 2 aromatic carbocycles. The van der Waals surface area contributed by atoms with Crippen LogP contribution in [-0.4, -0.2) is 25.2 Å². The number of para-hydroxylation sites is 1. The molecule has 2 N–H and O–H groups in total. The number of fused-ring (bicyclic) bond motifs is 1. The predicted molar refractivity (Wildman–Crippen MR) is 82.7 cm³/mol. The van der Waals surface area contributed by atoms with Crippen LogP contribution < -0.4 is 14.8 Å². The summed E-state index contributed by atoms with van der Waals surface area (Å²) in [6.07, 6.45) is 0.341. The second-order valence-corrected chi connectivity index (χ2v) is 5.17. The lowest BCUT2D eigenvalue weighted by atomic mass is 9.84. The molecule has 0 radical (unpaired) electrons. The molecular weight excluding hydrogens is 282 g/mol. The summed E-state index contributed by atoms with van der Waals surface area (Å²) in [6, 6.07) is 11.2. The minimum absolute atomic E-state index is 0.0327. The van der Waals surface area contributed by atoms with E-state index in [1.54, 1.807) is 12.1 Å². The lowest BCUT2D eigenvalue weighted by Crippen LogP contribution is -2.23. The van der Waals surface area contributed by atoms with Gasteiger partial charge < -0.3 is 19.9 Å². The Balaban J connectivity index is 2.13. The van der Waals surface area contributed by atoms with Crippen LogP contribution in [0.4, 0.5) is 5.69 Å². The molecule has 0 aliphatic carbocycles. The van der Waals surface area contributed by atoms with Crippen LogP contribution in [0, 0.1) is 0 Å². The van der Waals surface area contributed by atoms with Crippen molar-refractivity contribution in [2.75, 3.05) is 19.5 Å². The van der Waals surface area contributed by atoms with Crippen molar-refractivity contribution < 1.29 is 19.4 Å². The van der Waals surface area contributed by atoms with Gasteiger partial charge in [0.15, 0.2) is 11.5 Å². The van der Waals surface area contributed by atoms with Crippen LogP contribution in [-0.2, 0) is 4.79 Å². The van der Waals surface area contributed by atoms with Crippen LogP contribution in [0.1, 0.15) is 23.5 Å². The standard InChI is InChI=1S/C17H17NO4/c1-21-14-7-10(8-15(22-2)17(14)20)12-9-16(19)18-13-6-4-3-5-11(12)13/h3-8,12,20H,9H2,1-2H3,(H,18,19). The topological polar surface area (TPSA) is 67.8 Å². The van der Waals surface area contributed by atoms with Gasteiger partial charge >= 0.3 is 0 Å². The van der Waals surface area contributed by atoms with E-state index in [1.807, 2.05) is 24.3 Å². The van der Waals surface area contributed by atoms with Crippen LogP contribution >= 0.6 is 0 Å². The van der Waals surface area contributed by atoms with Gasteiger partial charge in [-0.2, -0.15) is 0 Å². The monoisotopic (exact) mass is 299 g/mol. The molecule has 2 aromatic rings. The van der Waals surface area contributed by atoms with Crippen LogP contribution in [0.5, 0.6) is 17.2 Å². The number of benzene rings is 2. The Morgan fingerprint density at radius 3 is 2.41 bits per heavy atom. The lowest BCUT2D eigenvalue weighted by Gasteiger charge is -2.26. The minimum atomic E-state index is -0.103. The van der Waals surface area contributed by atoms with E-state index < -0.39 is 0 Å². The molecule has 0 saturated heterocycles. The molecule has 1 aliphatic heterocycles. The largest absolute Gasteiger partial charge is 0.502 e. The molecule has 0 bridgehead atoms. The molecular formula is C17H17NO4. The highest BCUT2D eigenvalue weighted by Crippen LogP contribution is 2.43. The molecule has 5 nitrogen and oxygen atoms in total. The van der Waals surface area contributed by atoms with Crippen molar-refractivity contribution in [3.05, 3.63) is 47.5 Å². The maximum atomic E-state index is 12.0. The summed E-state index contributed by atoms with van der Waals surface area (Å²) in [7, 11) is 2.97. The minimum Gasteiger partial charge on any atom is -0.502 e. The summed E-state index contributed by atoms with van der Waals surface area (Å²) >= 11 is 0. The molecule has 0 saturated carbocycles. The summed E-state index contributed by atoms with van der Waals surface area (Å²) in [5.74, 6) is 0.487. The number of carbonyl (C=O) groups excluding carboxylic acids is 1. The van der Waals surface area contributed by atoms with Gasteiger partial charge in [-0.15, -0.1) is 0 Å². The summed E-state index contributed by atoms with van der Waals surface area (Å²) in [5, 5.41) is 12.9. The van der Waals surface area contributed by atoms with Crippen molar-refractivity contribution in [2.45, 2.75) is 12.3 Å². The van der Waals surface area contributed by atoms with E-state index >= 15 is 0 Å². The third-order valence-corrected chi connectivity index (χ3v) is 3.90. The molecule has 22 heavy (non-hydrogen) atoms. The first-order valence-corrected chi connectivity index (χ1v) is 6.97. The van der Waals surface area contributed by atoms with E-state index in [-0.39, 0.29) is 17.6 Å². The summed E-state index contributed by atoms with van der Waals surface area (Å²) in [5.41, 5.74) is 2.72. The average Bonchev–Trinajstić information content (AvgIpc) is 2.54. The predicted octanol–water partition coefficient (Wildman–Crippen LogP) is 2.88. The molecule has 1 amide bonds. The normalized spacial score (nSPS) is 16.6. The van der Waals surface area contributed by atoms with Gasteiger partial charge in [0.05, 0.1) is 14.2 Å². The van der Waals surface area contributed by atoms with Gasteiger partial charge in [-0.05, 0) is 29.3 Å². The highest BCUT2D eigenvalue weighted by atomic mass is 16.5.